The van der Waals surface area contributed by atoms with Crippen molar-refractivity contribution in [2.75, 3.05) is 7.05 Å². The van der Waals surface area contributed by atoms with Crippen molar-refractivity contribution >= 4 is 17.6 Å². The molecule has 2 fully saturated rings. The zero-order valence-corrected chi connectivity index (χ0v) is 14.1. The highest BCUT2D eigenvalue weighted by molar-refractivity contribution is 6.30. The van der Waals surface area contributed by atoms with Crippen molar-refractivity contribution in [3.05, 3.63) is 34.9 Å². The largest absolute Gasteiger partial charge is 0.462 e. The first-order chi connectivity index (χ1) is 10.5. The highest BCUT2D eigenvalue weighted by atomic mass is 35.5. The Morgan fingerprint density at radius 1 is 1.27 bits per heavy atom. The predicted molar refractivity (Wildman–Crippen MR) is 88.0 cm³/mol. The molecule has 0 N–H and O–H groups in total. The third kappa shape index (κ3) is 3.47. The monoisotopic (exact) mass is 321 g/mol. The molecule has 0 radical (unpaired) electrons. The molecule has 0 saturated carbocycles. The molecule has 120 valence electrons. The number of hydrogen-bond donors (Lipinski definition) is 0. The van der Waals surface area contributed by atoms with E-state index in [4.69, 9.17) is 16.3 Å². The van der Waals surface area contributed by atoms with Crippen molar-refractivity contribution in [3.63, 3.8) is 0 Å². The van der Waals surface area contributed by atoms with Crippen LogP contribution in [-0.2, 0) is 16.0 Å². The van der Waals surface area contributed by atoms with E-state index in [1.165, 1.54) is 12.8 Å². The van der Waals surface area contributed by atoms with Crippen LogP contribution < -0.4 is 0 Å². The summed E-state index contributed by atoms with van der Waals surface area (Å²) in [6.45, 7) is 1.94. The maximum atomic E-state index is 12.3. The Balaban J connectivity index is 1.52. The Morgan fingerprint density at radius 2 is 1.86 bits per heavy atom. The highest BCUT2D eigenvalue weighted by Crippen LogP contribution is 2.35. The summed E-state index contributed by atoms with van der Waals surface area (Å²) in [5.41, 5.74) is 1.12. The quantitative estimate of drug-likeness (QED) is 0.792. The van der Waals surface area contributed by atoms with E-state index < -0.39 is 0 Å². The molecule has 0 aromatic heterocycles. The smallest absolute Gasteiger partial charge is 0.309 e. The summed E-state index contributed by atoms with van der Waals surface area (Å²) < 4.78 is 5.79. The number of carbonyl (C=O) groups is 1. The molecular weight excluding hydrogens is 298 g/mol. The van der Waals surface area contributed by atoms with Crippen LogP contribution in [0.2, 0.25) is 5.02 Å². The molecule has 2 saturated heterocycles. The lowest BCUT2D eigenvalue weighted by Crippen LogP contribution is -2.43. The van der Waals surface area contributed by atoms with Crippen LogP contribution in [0.4, 0.5) is 0 Å². The van der Waals surface area contributed by atoms with Crippen molar-refractivity contribution < 1.29 is 9.53 Å². The third-order valence-electron chi connectivity index (χ3n) is 5.20. The minimum Gasteiger partial charge on any atom is -0.462 e. The molecule has 22 heavy (non-hydrogen) atoms. The van der Waals surface area contributed by atoms with Gasteiger partial charge >= 0.3 is 5.97 Å². The standard InChI is InChI=1S/C18H24ClNO2/c1-12(9-13-3-5-14(19)6-4-13)18(21)22-17-10-15-7-8-16(11-17)20(15)2/h3-6,12,15-17H,7-11H2,1-2H3/t12?,15-,16+,17?. The van der Waals surface area contributed by atoms with Gasteiger partial charge in [-0.3, -0.25) is 4.79 Å². The molecule has 2 unspecified atom stereocenters. The van der Waals surface area contributed by atoms with Crippen molar-refractivity contribution in [2.24, 2.45) is 5.92 Å². The summed E-state index contributed by atoms with van der Waals surface area (Å²) in [7, 11) is 2.20. The molecule has 2 heterocycles. The summed E-state index contributed by atoms with van der Waals surface area (Å²) in [5, 5.41) is 0.723. The molecule has 0 aliphatic carbocycles. The molecule has 0 amide bonds. The van der Waals surface area contributed by atoms with Crippen molar-refractivity contribution in [1.29, 1.82) is 0 Å². The van der Waals surface area contributed by atoms with Gasteiger partial charge in [0.05, 0.1) is 5.92 Å². The maximum Gasteiger partial charge on any atom is 0.309 e. The number of carbonyl (C=O) groups excluding carboxylic acids is 1. The van der Waals surface area contributed by atoms with Crippen LogP contribution >= 0.6 is 11.6 Å². The Labute approximate surface area is 137 Å². The van der Waals surface area contributed by atoms with Gasteiger partial charge in [0.25, 0.3) is 0 Å². The molecule has 2 aliphatic heterocycles. The van der Waals surface area contributed by atoms with Gasteiger partial charge in [-0.15, -0.1) is 0 Å². The van der Waals surface area contributed by atoms with E-state index in [2.05, 4.69) is 11.9 Å². The molecule has 3 rings (SSSR count). The lowest BCUT2D eigenvalue weighted by molar-refractivity contribution is -0.156. The van der Waals surface area contributed by atoms with Gasteiger partial charge in [0.15, 0.2) is 0 Å². The number of nitrogens with zero attached hydrogens (tertiary/aromatic N) is 1. The molecule has 2 bridgehead atoms. The fraction of sp³-hybridized carbons (Fsp3) is 0.611. The fourth-order valence-corrected chi connectivity index (χ4v) is 3.92. The molecule has 0 spiro atoms. The first-order valence-corrected chi connectivity index (χ1v) is 8.57. The van der Waals surface area contributed by atoms with Crippen LogP contribution in [0.3, 0.4) is 0 Å². The van der Waals surface area contributed by atoms with Gasteiger partial charge in [-0.25, -0.2) is 0 Å². The van der Waals surface area contributed by atoms with Gasteiger partial charge in [-0.2, -0.15) is 0 Å². The number of benzene rings is 1. The van der Waals surface area contributed by atoms with Gasteiger partial charge in [0.2, 0.25) is 0 Å². The SMILES string of the molecule is CC(Cc1ccc(Cl)cc1)C(=O)OC1C[C@H]2CC[C@@H](C1)N2C. The van der Waals surface area contributed by atoms with Crippen LogP contribution in [0.25, 0.3) is 0 Å². The summed E-state index contributed by atoms with van der Waals surface area (Å²) in [4.78, 5) is 14.8. The Hall–Kier alpha value is -1.06. The highest BCUT2D eigenvalue weighted by Gasteiger charge is 2.40. The summed E-state index contributed by atoms with van der Waals surface area (Å²) >= 11 is 5.89. The molecule has 4 atom stereocenters. The lowest BCUT2D eigenvalue weighted by atomic mass is 9.99. The van der Waals surface area contributed by atoms with Crippen molar-refractivity contribution in [1.82, 2.24) is 4.90 Å². The average molecular weight is 322 g/mol. The normalized spacial score (nSPS) is 29.3. The number of hydrogen-bond acceptors (Lipinski definition) is 3. The minimum absolute atomic E-state index is 0.0658. The van der Waals surface area contributed by atoms with E-state index in [9.17, 15) is 4.79 Å². The van der Waals surface area contributed by atoms with Gasteiger partial charge in [-0.1, -0.05) is 30.7 Å². The number of halogens is 1. The van der Waals surface area contributed by atoms with Crippen molar-refractivity contribution in [2.45, 2.75) is 57.2 Å². The topological polar surface area (TPSA) is 29.5 Å². The van der Waals surface area contributed by atoms with E-state index in [-0.39, 0.29) is 18.0 Å². The summed E-state index contributed by atoms with van der Waals surface area (Å²) in [6, 6.07) is 8.88. The second-order valence-electron chi connectivity index (χ2n) is 6.81. The number of fused-ring (bicyclic) bond motifs is 2. The van der Waals surface area contributed by atoms with E-state index >= 15 is 0 Å². The van der Waals surface area contributed by atoms with E-state index in [0.29, 0.717) is 18.5 Å². The fourth-order valence-electron chi connectivity index (χ4n) is 3.80. The van der Waals surface area contributed by atoms with Crippen LogP contribution in [0.1, 0.15) is 38.2 Å². The van der Waals surface area contributed by atoms with Gasteiger partial charge in [0, 0.05) is 17.1 Å². The lowest BCUT2D eigenvalue weighted by Gasteiger charge is -2.36. The number of esters is 1. The zero-order chi connectivity index (χ0) is 15.7. The Kier molecular flexibility index (Phi) is 4.74. The molecule has 4 heteroatoms. The first-order valence-electron chi connectivity index (χ1n) is 8.20. The maximum absolute atomic E-state index is 12.3. The molecule has 3 nitrogen and oxygen atoms in total. The average Bonchev–Trinajstić information content (AvgIpc) is 2.72. The van der Waals surface area contributed by atoms with E-state index in [1.54, 1.807) is 0 Å². The molecule has 1 aromatic rings. The first kappa shape index (κ1) is 15.8. The Bertz CT molecular complexity index is 516. The Morgan fingerprint density at radius 3 is 2.45 bits per heavy atom. The molecular formula is C18H24ClNO2. The van der Waals surface area contributed by atoms with E-state index in [0.717, 1.165) is 23.4 Å². The summed E-state index contributed by atoms with van der Waals surface area (Å²) in [6.07, 6.45) is 5.29. The number of piperidine rings is 1. The summed E-state index contributed by atoms with van der Waals surface area (Å²) in [5.74, 6) is -0.178. The van der Waals surface area contributed by atoms with Crippen LogP contribution in [-0.4, -0.2) is 36.1 Å². The second kappa shape index (κ2) is 6.59. The molecule has 1 aromatic carbocycles. The predicted octanol–water partition coefficient (Wildman–Crippen LogP) is 3.69. The zero-order valence-electron chi connectivity index (χ0n) is 13.3. The second-order valence-corrected chi connectivity index (χ2v) is 7.25. The van der Waals surface area contributed by atoms with Gasteiger partial charge in [0.1, 0.15) is 6.10 Å². The number of ether oxygens (including phenoxy) is 1. The van der Waals surface area contributed by atoms with Crippen LogP contribution in [0.15, 0.2) is 24.3 Å². The van der Waals surface area contributed by atoms with Gasteiger partial charge in [-0.05, 0) is 56.8 Å². The van der Waals surface area contributed by atoms with Crippen LogP contribution in [0.5, 0.6) is 0 Å². The third-order valence-corrected chi connectivity index (χ3v) is 5.45. The van der Waals surface area contributed by atoms with Crippen LogP contribution in [0, 0.1) is 5.92 Å². The number of rotatable bonds is 4. The molecule has 2 aliphatic rings. The minimum atomic E-state index is -0.113. The van der Waals surface area contributed by atoms with Crippen molar-refractivity contribution in [3.8, 4) is 0 Å². The van der Waals surface area contributed by atoms with E-state index in [1.807, 2.05) is 31.2 Å². The van der Waals surface area contributed by atoms with Gasteiger partial charge < -0.3 is 9.64 Å².